The summed E-state index contributed by atoms with van der Waals surface area (Å²) in [6.45, 7) is 4.10. The van der Waals surface area contributed by atoms with Gasteiger partial charge in [0, 0.05) is 6.20 Å². The van der Waals surface area contributed by atoms with Gasteiger partial charge in [0.15, 0.2) is 0 Å². The average molecular weight is 257 g/mol. The van der Waals surface area contributed by atoms with Gasteiger partial charge in [-0.1, -0.05) is 25.4 Å². The number of aliphatic hydroxyl groups is 1. The first-order chi connectivity index (χ1) is 7.99. The number of aromatic nitrogens is 1. The lowest BCUT2D eigenvalue weighted by atomic mass is 10.0. The molecule has 17 heavy (non-hydrogen) atoms. The van der Waals surface area contributed by atoms with E-state index in [1.54, 1.807) is 12.1 Å². The highest BCUT2D eigenvalue weighted by molar-refractivity contribution is 6.30. The van der Waals surface area contributed by atoms with Gasteiger partial charge in [0.05, 0.1) is 29.8 Å². The first kappa shape index (κ1) is 13.9. The number of nitrogens with one attached hydrogen (secondary N) is 1. The van der Waals surface area contributed by atoms with Crippen molar-refractivity contribution in [2.45, 2.75) is 32.9 Å². The van der Waals surface area contributed by atoms with E-state index in [9.17, 15) is 9.90 Å². The molecule has 1 unspecified atom stereocenters. The molecule has 1 heterocycles. The minimum absolute atomic E-state index is 0.0782. The fourth-order valence-electron chi connectivity index (χ4n) is 1.20. The largest absolute Gasteiger partial charge is 0.392 e. The number of pyridine rings is 1. The number of nitrogens with zero attached hydrogens (tertiary/aromatic N) is 1. The minimum Gasteiger partial charge on any atom is -0.392 e. The standard InChI is InChI=1S/C12H17ClN2O2/c1-8(2)11(16)5-12(17)15-7-10-4-3-9(13)6-14-10/h3-4,6,8,11,16H,5,7H2,1-2H3,(H,15,17). The zero-order valence-corrected chi connectivity index (χ0v) is 10.7. The molecule has 1 amide bonds. The van der Waals surface area contributed by atoms with Crippen molar-refractivity contribution >= 4 is 17.5 Å². The van der Waals surface area contributed by atoms with Crippen molar-refractivity contribution in [1.29, 1.82) is 0 Å². The van der Waals surface area contributed by atoms with Crippen molar-refractivity contribution in [3.05, 3.63) is 29.0 Å². The van der Waals surface area contributed by atoms with Crippen molar-refractivity contribution in [3.63, 3.8) is 0 Å². The van der Waals surface area contributed by atoms with Crippen LogP contribution in [-0.2, 0) is 11.3 Å². The Labute approximate surface area is 106 Å². The number of aliphatic hydroxyl groups excluding tert-OH is 1. The maximum Gasteiger partial charge on any atom is 0.222 e. The normalized spacial score (nSPS) is 12.5. The van der Waals surface area contributed by atoms with Gasteiger partial charge in [-0.15, -0.1) is 0 Å². The zero-order chi connectivity index (χ0) is 12.8. The number of rotatable bonds is 5. The maximum atomic E-state index is 11.5. The molecule has 2 N–H and O–H groups in total. The van der Waals surface area contributed by atoms with Gasteiger partial charge in [-0.2, -0.15) is 0 Å². The van der Waals surface area contributed by atoms with Crippen LogP contribution in [0.4, 0.5) is 0 Å². The maximum absolute atomic E-state index is 11.5. The highest BCUT2D eigenvalue weighted by Crippen LogP contribution is 2.07. The highest BCUT2D eigenvalue weighted by atomic mass is 35.5. The summed E-state index contributed by atoms with van der Waals surface area (Å²) in [5, 5.41) is 12.8. The molecular formula is C12H17ClN2O2. The SMILES string of the molecule is CC(C)C(O)CC(=O)NCc1ccc(Cl)cn1. The molecule has 1 aromatic rings. The topological polar surface area (TPSA) is 62.2 Å². The molecule has 0 aliphatic rings. The van der Waals surface area contributed by atoms with Gasteiger partial charge in [0.25, 0.3) is 0 Å². The molecule has 0 spiro atoms. The Morgan fingerprint density at radius 1 is 1.53 bits per heavy atom. The van der Waals surface area contributed by atoms with Crippen LogP contribution in [0, 0.1) is 5.92 Å². The van der Waals surface area contributed by atoms with E-state index in [4.69, 9.17) is 11.6 Å². The number of hydrogen-bond acceptors (Lipinski definition) is 3. The lowest BCUT2D eigenvalue weighted by Crippen LogP contribution is -2.29. The van der Waals surface area contributed by atoms with Gasteiger partial charge in [0.2, 0.25) is 5.91 Å². The Kier molecular flexibility index (Phi) is 5.38. The van der Waals surface area contributed by atoms with Crippen LogP contribution in [0.5, 0.6) is 0 Å². The molecule has 0 aliphatic heterocycles. The van der Waals surface area contributed by atoms with Gasteiger partial charge in [-0.3, -0.25) is 9.78 Å². The predicted molar refractivity (Wildman–Crippen MR) is 66.6 cm³/mol. The van der Waals surface area contributed by atoms with Crippen LogP contribution in [-0.4, -0.2) is 22.1 Å². The minimum atomic E-state index is -0.604. The van der Waals surface area contributed by atoms with E-state index in [2.05, 4.69) is 10.3 Å². The van der Waals surface area contributed by atoms with Crippen LogP contribution in [0.3, 0.4) is 0 Å². The number of carbonyl (C=O) groups excluding carboxylic acids is 1. The summed E-state index contributed by atoms with van der Waals surface area (Å²) in [5.74, 6) is -0.0997. The molecule has 5 heteroatoms. The Morgan fingerprint density at radius 2 is 2.24 bits per heavy atom. The van der Waals surface area contributed by atoms with E-state index in [1.165, 1.54) is 6.20 Å². The quantitative estimate of drug-likeness (QED) is 0.844. The first-order valence-corrected chi connectivity index (χ1v) is 5.92. The molecule has 0 aromatic carbocycles. The summed E-state index contributed by atoms with van der Waals surface area (Å²) in [7, 11) is 0. The van der Waals surface area contributed by atoms with Crippen molar-refractivity contribution in [2.24, 2.45) is 5.92 Å². The third kappa shape index (κ3) is 5.15. The molecule has 1 aromatic heterocycles. The predicted octanol–water partition coefficient (Wildman–Crippen LogP) is 1.76. The van der Waals surface area contributed by atoms with Crippen LogP contribution in [0.25, 0.3) is 0 Å². The van der Waals surface area contributed by atoms with Crippen molar-refractivity contribution in [3.8, 4) is 0 Å². The second-order valence-corrected chi connectivity index (χ2v) is 4.70. The molecule has 0 saturated heterocycles. The van der Waals surface area contributed by atoms with E-state index < -0.39 is 6.10 Å². The second-order valence-electron chi connectivity index (χ2n) is 4.26. The van der Waals surface area contributed by atoms with Crippen LogP contribution >= 0.6 is 11.6 Å². The summed E-state index contributed by atoms with van der Waals surface area (Å²) in [6, 6.07) is 3.47. The van der Waals surface area contributed by atoms with Crippen LogP contribution < -0.4 is 5.32 Å². The number of halogens is 1. The van der Waals surface area contributed by atoms with Crippen molar-refractivity contribution in [2.75, 3.05) is 0 Å². The molecular weight excluding hydrogens is 240 g/mol. The van der Waals surface area contributed by atoms with E-state index in [-0.39, 0.29) is 18.2 Å². The third-order valence-electron chi connectivity index (χ3n) is 2.42. The zero-order valence-electron chi connectivity index (χ0n) is 9.98. The fourth-order valence-corrected chi connectivity index (χ4v) is 1.31. The summed E-state index contributed by atoms with van der Waals surface area (Å²) in [4.78, 5) is 15.5. The van der Waals surface area contributed by atoms with Gasteiger partial charge in [0.1, 0.15) is 0 Å². The number of hydrogen-bond donors (Lipinski definition) is 2. The Hall–Kier alpha value is -1.13. The molecule has 0 bridgehead atoms. The molecule has 94 valence electrons. The van der Waals surface area contributed by atoms with Crippen LogP contribution in [0.15, 0.2) is 18.3 Å². The van der Waals surface area contributed by atoms with Gasteiger partial charge < -0.3 is 10.4 Å². The number of amides is 1. The second kappa shape index (κ2) is 6.57. The van der Waals surface area contributed by atoms with Crippen LogP contribution in [0.1, 0.15) is 26.0 Å². The van der Waals surface area contributed by atoms with Crippen LogP contribution in [0.2, 0.25) is 5.02 Å². The van der Waals surface area contributed by atoms with E-state index >= 15 is 0 Å². The molecule has 1 rings (SSSR count). The van der Waals surface area contributed by atoms with Gasteiger partial charge >= 0.3 is 0 Å². The Bertz CT molecular complexity index is 365. The summed E-state index contributed by atoms with van der Waals surface area (Å²) in [6.07, 6.45) is 1.05. The van der Waals surface area contributed by atoms with E-state index in [1.807, 2.05) is 13.8 Å². The first-order valence-electron chi connectivity index (χ1n) is 5.54. The van der Waals surface area contributed by atoms with Crippen molar-refractivity contribution < 1.29 is 9.90 Å². The Balaban J connectivity index is 2.35. The lowest BCUT2D eigenvalue weighted by molar-refractivity contribution is -0.123. The molecule has 0 fully saturated rings. The van der Waals surface area contributed by atoms with Gasteiger partial charge in [-0.05, 0) is 18.1 Å². The number of carbonyl (C=O) groups is 1. The van der Waals surface area contributed by atoms with E-state index in [0.29, 0.717) is 11.6 Å². The summed E-state index contributed by atoms with van der Waals surface area (Å²) in [5.41, 5.74) is 0.738. The monoisotopic (exact) mass is 256 g/mol. The molecule has 1 atom stereocenters. The molecule has 0 saturated carbocycles. The smallest absolute Gasteiger partial charge is 0.222 e. The molecule has 4 nitrogen and oxygen atoms in total. The van der Waals surface area contributed by atoms with Gasteiger partial charge in [-0.25, -0.2) is 0 Å². The van der Waals surface area contributed by atoms with E-state index in [0.717, 1.165) is 5.69 Å². The molecule has 0 radical (unpaired) electrons. The average Bonchev–Trinajstić information content (AvgIpc) is 2.28. The molecule has 0 aliphatic carbocycles. The lowest BCUT2D eigenvalue weighted by Gasteiger charge is -2.13. The summed E-state index contributed by atoms with van der Waals surface area (Å²) < 4.78 is 0. The Morgan fingerprint density at radius 3 is 2.76 bits per heavy atom. The summed E-state index contributed by atoms with van der Waals surface area (Å²) >= 11 is 5.70. The highest BCUT2D eigenvalue weighted by Gasteiger charge is 2.13. The fraction of sp³-hybridized carbons (Fsp3) is 0.500. The van der Waals surface area contributed by atoms with Crippen molar-refractivity contribution in [1.82, 2.24) is 10.3 Å². The third-order valence-corrected chi connectivity index (χ3v) is 2.64.